The molecule has 0 spiro atoms. The summed E-state index contributed by atoms with van der Waals surface area (Å²) in [5, 5.41) is 1.46. The second-order valence-corrected chi connectivity index (χ2v) is 5.55. The van der Waals surface area contributed by atoms with Crippen molar-refractivity contribution in [2.24, 2.45) is 5.92 Å². The van der Waals surface area contributed by atoms with Crippen molar-refractivity contribution in [3.05, 3.63) is 21.6 Å². The van der Waals surface area contributed by atoms with Crippen LogP contribution < -0.4 is 0 Å². The molecule has 16 heavy (non-hydrogen) atoms. The molecule has 5 heteroatoms. The summed E-state index contributed by atoms with van der Waals surface area (Å²) in [5.74, 6) is 1.54. The Bertz CT molecular complexity index is 560. The highest BCUT2D eigenvalue weighted by Crippen LogP contribution is 2.35. The molecule has 0 aromatic carbocycles. The predicted octanol–water partition coefficient (Wildman–Crippen LogP) is 3.57. The molecule has 1 aliphatic rings. The first-order valence-electron chi connectivity index (χ1n) is 5.33. The molecular formula is C11H11BrClN3. The van der Waals surface area contributed by atoms with Gasteiger partial charge in [-0.15, -0.1) is 0 Å². The van der Waals surface area contributed by atoms with Crippen molar-refractivity contribution in [1.29, 1.82) is 0 Å². The molecule has 0 N–H and O–H groups in total. The van der Waals surface area contributed by atoms with Gasteiger partial charge in [0.15, 0.2) is 0 Å². The quantitative estimate of drug-likeness (QED) is 0.794. The predicted molar refractivity (Wildman–Crippen MR) is 67.7 cm³/mol. The van der Waals surface area contributed by atoms with Gasteiger partial charge in [-0.2, -0.15) is 0 Å². The van der Waals surface area contributed by atoms with Crippen LogP contribution in [0.25, 0.3) is 11.0 Å². The van der Waals surface area contributed by atoms with Gasteiger partial charge in [-0.1, -0.05) is 11.6 Å². The Kier molecular flexibility index (Phi) is 2.44. The third-order valence-electron chi connectivity index (χ3n) is 2.89. The average molecular weight is 301 g/mol. The number of aryl methyl sites for hydroxylation is 1. The number of hydrogen-bond donors (Lipinski definition) is 0. The van der Waals surface area contributed by atoms with E-state index < -0.39 is 0 Å². The van der Waals surface area contributed by atoms with Crippen molar-refractivity contribution in [3.8, 4) is 0 Å². The first-order valence-corrected chi connectivity index (χ1v) is 6.50. The van der Waals surface area contributed by atoms with Gasteiger partial charge in [0, 0.05) is 17.2 Å². The molecule has 0 aliphatic heterocycles. The van der Waals surface area contributed by atoms with Crippen LogP contribution in [0.1, 0.15) is 18.7 Å². The highest BCUT2D eigenvalue weighted by Gasteiger charge is 2.23. The molecule has 3 nitrogen and oxygen atoms in total. The molecule has 0 unspecified atom stereocenters. The lowest BCUT2D eigenvalue weighted by Gasteiger charge is -2.03. The number of aromatic nitrogens is 3. The number of halogens is 2. The van der Waals surface area contributed by atoms with Crippen molar-refractivity contribution in [1.82, 2.24) is 14.5 Å². The maximum atomic E-state index is 6.14. The Labute approximate surface area is 107 Å². The summed E-state index contributed by atoms with van der Waals surface area (Å²) in [5.41, 5.74) is 0.941. The van der Waals surface area contributed by atoms with Gasteiger partial charge in [-0.05, 0) is 41.6 Å². The summed E-state index contributed by atoms with van der Waals surface area (Å²) < 4.78 is 3.16. The molecular weight excluding hydrogens is 289 g/mol. The van der Waals surface area contributed by atoms with Crippen molar-refractivity contribution >= 4 is 38.6 Å². The van der Waals surface area contributed by atoms with Gasteiger partial charge in [0.1, 0.15) is 16.6 Å². The largest absolute Gasteiger partial charge is 0.331 e. The molecule has 3 rings (SSSR count). The Hall–Kier alpha value is -0.610. The zero-order valence-corrected chi connectivity index (χ0v) is 11.2. The van der Waals surface area contributed by atoms with E-state index in [4.69, 9.17) is 11.6 Å². The molecule has 2 aromatic heterocycles. The van der Waals surface area contributed by atoms with E-state index in [2.05, 4.69) is 36.7 Å². The smallest absolute Gasteiger partial charge is 0.146 e. The molecule has 2 heterocycles. The van der Waals surface area contributed by atoms with Crippen LogP contribution in [0.2, 0.25) is 5.15 Å². The first kappa shape index (κ1) is 10.5. The second-order valence-electron chi connectivity index (χ2n) is 4.33. The third kappa shape index (κ3) is 1.74. The van der Waals surface area contributed by atoms with Crippen molar-refractivity contribution in [2.45, 2.75) is 26.3 Å². The van der Waals surface area contributed by atoms with Crippen LogP contribution in [0, 0.1) is 12.8 Å². The van der Waals surface area contributed by atoms with Crippen LogP contribution in [0.3, 0.4) is 0 Å². The average Bonchev–Trinajstić information content (AvgIpc) is 2.93. The van der Waals surface area contributed by atoms with E-state index in [-0.39, 0.29) is 0 Å². The molecule has 1 fully saturated rings. The van der Waals surface area contributed by atoms with E-state index in [1.807, 2.05) is 6.92 Å². The van der Waals surface area contributed by atoms with E-state index in [9.17, 15) is 0 Å². The van der Waals surface area contributed by atoms with Gasteiger partial charge in [0.2, 0.25) is 0 Å². The zero-order chi connectivity index (χ0) is 11.3. The van der Waals surface area contributed by atoms with Crippen molar-refractivity contribution in [2.75, 3.05) is 0 Å². The molecule has 84 valence electrons. The normalized spacial score (nSPS) is 15.9. The zero-order valence-electron chi connectivity index (χ0n) is 8.87. The lowest BCUT2D eigenvalue weighted by Crippen LogP contribution is -2.00. The van der Waals surface area contributed by atoms with Gasteiger partial charge in [0.05, 0.1) is 5.39 Å². The van der Waals surface area contributed by atoms with E-state index >= 15 is 0 Å². The highest BCUT2D eigenvalue weighted by molar-refractivity contribution is 9.10. The van der Waals surface area contributed by atoms with Gasteiger partial charge < -0.3 is 4.57 Å². The Balaban J connectivity index is 2.20. The highest BCUT2D eigenvalue weighted by atomic mass is 79.9. The lowest BCUT2D eigenvalue weighted by atomic mass is 10.4. The third-order valence-corrected chi connectivity index (χ3v) is 3.76. The Morgan fingerprint density at radius 3 is 2.94 bits per heavy atom. The van der Waals surface area contributed by atoms with Crippen LogP contribution in [0.15, 0.2) is 10.7 Å². The van der Waals surface area contributed by atoms with E-state index in [0.29, 0.717) is 5.15 Å². The lowest BCUT2D eigenvalue weighted by molar-refractivity contribution is 0.641. The van der Waals surface area contributed by atoms with Gasteiger partial charge >= 0.3 is 0 Å². The fraction of sp³-hybridized carbons (Fsp3) is 0.455. The fourth-order valence-corrected chi connectivity index (χ4v) is 2.95. The van der Waals surface area contributed by atoms with E-state index in [1.165, 1.54) is 12.8 Å². The summed E-state index contributed by atoms with van der Waals surface area (Å²) in [6, 6.07) is 0. The molecule has 1 saturated carbocycles. The summed E-state index contributed by atoms with van der Waals surface area (Å²) >= 11 is 9.66. The Morgan fingerprint density at radius 2 is 2.25 bits per heavy atom. The summed E-state index contributed by atoms with van der Waals surface area (Å²) in [4.78, 5) is 8.66. The summed E-state index contributed by atoms with van der Waals surface area (Å²) in [6.45, 7) is 2.91. The van der Waals surface area contributed by atoms with Crippen LogP contribution in [-0.4, -0.2) is 14.5 Å². The van der Waals surface area contributed by atoms with Gasteiger partial charge in [-0.25, -0.2) is 9.97 Å². The van der Waals surface area contributed by atoms with E-state index in [1.54, 1.807) is 0 Å². The van der Waals surface area contributed by atoms with Crippen LogP contribution >= 0.6 is 27.5 Å². The summed E-state index contributed by atoms with van der Waals surface area (Å²) in [7, 11) is 0. The number of fused-ring (bicyclic) bond motifs is 1. The molecule has 0 saturated heterocycles. The van der Waals surface area contributed by atoms with Gasteiger partial charge in [0.25, 0.3) is 0 Å². The minimum Gasteiger partial charge on any atom is -0.331 e. The van der Waals surface area contributed by atoms with Gasteiger partial charge in [-0.3, -0.25) is 0 Å². The van der Waals surface area contributed by atoms with Crippen LogP contribution in [0.5, 0.6) is 0 Å². The van der Waals surface area contributed by atoms with Crippen molar-refractivity contribution < 1.29 is 0 Å². The standard InChI is InChI=1S/C11H11BrClN3/c1-6-14-10(13)9-8(12)5-16(11(9)15-6)4-7-2-3-7/h5,7H,2-4H2,1H3. The molecule has 0 bridgehead atoms. The maximum absolute atomic E-state index is 6.14. The monoisotopic (exact) mass is 299 g/mol. The van der Waals surface area contributed by atoms with Crippen LogP contribution in [0.4, 0.5) is 0 Å². The molecule has 0 amide bonds. The minimum atomic E-state index is 0.531. The fourth-order valence-electron chi connectivity index (χ4n) is 1.92. The number of hydrogen-bond acceptors (Lipinski definition) is 2. The molecule has 0 radical (unpaired) electrons. The molecule has 0 atom stereocenters. The Morgan fingerprint density at radius 1 is 1.50 bits per heavy atom. The van der Waals surface area contributed by atoms with Crippen LogP contribution in [-0.2, 0) is 6.54 Å². The summed E-state index contributed by atoms with van der Waals surface area (Å²) in [6.07, 6.45) is 4.72. The number of rotatable bonds is 2. The first-order chi connectivity index (χ1) is 7.65. The SMILES string of the molecule is Cc1nc(Cl)c2c(Br)cn(CC3CC3)c2n1. The topological polar surface area (TPSA) is 30.7 Å². The number of nitrogens with zero attached hydrogens (tertiary/aromatic N) is 3. The molecule has 2 aromatic rings. The molecule has 1 aliphatic carbocycles. The van der Waals surface area contributed by atoms with Crippen molar-refractivity contribution in [3.63, 3.8) is 0 Å². The second kappa shape index (κ2) is 3.70. The van der Waals surface area contributed by atoms with E-state index in [0.717, 1.165) is 33.8 Å². The maximum Gasteiger partial charge on any atom is 0.146 e. The minimum absolute atomic E-state index is 0.531.